The molecule has 1 aliphatic heterocycles. The second kappa shape index (κ2) is 7.57. The quantitative estimate of drug-likeness (QED) is 0.838. The number of hydrogen-bond acceptors (Lipinski definition) is 4. The molecule has 0 radical (unpaired) electrons. The van der Waals surface area contributed by atoms with Gasteiger partial charge in [-0.3, -0.25) is 0 Å². The van der Waals surface area contributed by atoms with Crippen molar-refractivity contribution < 1.29 is 14.1 Å². The van der Waals surface area contributed by atoms with Gasteiger partial charge in [-0.25, -0.2) is 4.79 Å². The van der Waals surface area contributed by atoms with Crippen molar-refractivity contribution in [3.05, 3.63) is 46.8 Å². The average Bonchev–Trinajstić information content (AvgIpc) is 3.20. The van der Waals surface area contributed by atoms with Crippen LogP contribution >= 0.6 is 11.6 Å². The Kier molecular flexibility index (Phi) is 5.25. The van der Waals surface area contributed by atoms with Crippen LogP contribution in [-0.4, -0.2) is 35.8 Å². The number of nitrogens with one attached hydrogen (secondary N) is 1. The molecule has 1 N–H and O–H groups in total. The maximum atomic E-state index is 12.4. The van der Waals surface area contributed by atoms with Crippen LogP contribution in [0, 0.1) is 6.92 Å². The van der Waals surface area contributed by atoms with E-state index in [1.807, 2.05) is 25.1 Å². The molecule has 1 atom stereocenters. The molecule has 2 heterocycles. The maximum absolute atomic E-state index is 12.4. The first kappa shape index (κ1) is 16.6. The number of nitrogens with zero attached hydrogens (tertiary/aromatic N) is 2. The average molecular weight is 350 g/mol. The highest BCUT2D eigenvalue weighted by Gasteiger charge is 2.32. The molecule has 1 fully saturated rings. The fourth-order valence-corrected chi connectivity index (χ4v) is 3.01. The predicted molar refractivity (Wildman–Crippen MR) is 90.3 cm³/mol. The number of likely N-dealkylation sites (tertiary alicyclic amines) is 1. The van der Waals surface area contributed by atoms with Crippen LogP contribution in [0.2, 0.25) is 5.02 Å². The Morgan fingerprint density at radius 1 is 1.50 bits per heavy atom. The predicted octanol–water partition coefficient (Wildman–Crippen LogP) is 3.56. The van der Waals surface area contributed by atoms with Crippen LogP contribution in [0.5, 0.6) is 5.75 Å². The van der Waals surface area contributed by atoms with Gasteiger partial charge in [0, 0.05) is 17.6 Å². The van der Waals surface area contributed by atoms with Gasteiger partial charge in [0.25, 0.3) is 0 Å². The van der Waals surface area contributed by atoms with Gasteiger partial charge in [0.1, 0.15) is 12.4 Å². The zero-order valence-electron chi connectivity index (χ0n) is 13.5. The summed E-state index contributed by atoms with van der Waals surface area (Å²) in [6.45, 7) is 3.39. The first-order chi connectivity index (χ1) is 11.6. The van der Waals surface area contributed by atoms with Crippen molar-refractivity contribution in [3.63, 3.8) is 0 Å². The van der Waals surface area contributed by atoms with Crippen LogP contribution in [0.4, 0.5) is 4.79 Å². The number of aryl methyl sites for hydroxylation is 1. The number of aromatic nitrogens is 1. The van der Waals surface area contributed by atoms with Gasteiger partial charge in [-0.05, 0) is 38.0 Å². The second-order valence-corrected chi connectivity index (χ2v) is 6.20. The number of ether oxygens (including phenoxy) is 1. The van der Waals surface area contributed by atoms with Crippen molar-refractivity contribution in [3.8, 4) is 5.75 Å². The van der Waals surface area contributed by atoms with Gasteiger partial charge in [-0.15, -0.1) is 0 Å². The van der Waals surface area contributed by atoms with Crippen molar-refractivity contribution in [1.82, 2.24) is 15.4 Å². The Morgan fingerprint density at radius 2 is 2.38 bits per heavy atom. The lowest BCUT2D eigenvalue weighted by Gasteiger charge is -2.23. The summed E-state index contributed by atoms with van der Waals surface area (Å²) in [6.07, 6.45) is 1.85. The molecule has 6 nitrogen and oxygen atoms in total. The Morgan fingerprint density at radius 3 is 3.12 bits per heavy atom. The number of urea groups is 1. The van der Waals surface area contributed by atoms with E-state index in [9.17, 15) is 4.79 Å². The molecule has 128 valence electrons. The zero-order chi connectivity index (χ0) is 16.9. The third-order valence-corrected chi connectivity index (χ3v) is 4.17. The standard InChI is InChI=1S/C17H20ClN3O3/c1-12-10-16(24-20-12)15-6-3-8-21(15)17(22)19-7-9-23-14-5-2-4-13(18)11-14/h2,4-5,10-11,15H,3,6-9H2,1H3,(H,19,22)/t15-/m1/s1. The molecule has 3 rings (SSSR count). The van der Waals surface area contributed by atoms with Crippen molar-refractivity contribution in [2.75, 3.05) is 19.7 Å². The zero-order valence-corrected chi connectivity index (χ0v) is 14.3. The number of amides is 2. The summed E-state index contributed by atoms with van der Waals surface area (Å²) in [4.78, 5) is 14.2. The Hall–Kier alpha value is -2.21. The molecule has 0 spiro atoms. The third-order valence-electron chi connectivity index (χ3n) is 3.93. The molecule has 0 saturated carbocycles. The summed E-state index contributed by atoms with van der Waals surface area (Å²) in [6, 6.07) is 8.92. The maximum Gasteiger partial charge on any atom is 0.318 e. The largest absolute Gasteiger partial charge is 0.492 e. The molecule has 7 heteroatoms. The highest BCUT2D eigenvalue weighted by Crippen LogP contribution is 2.32. The van der Waals surface area contributed by atoms with E-state index in [1.54, 1.807) is 17.0 Å². The molecule has 1 aromatic carbocycles. The summed E-state index contributed by atoms with van der Waals surface area (Å²) in [5.74, 6) is 1.43. The molecule has 24 heavy (non-hydrogen) atoms. The first-order valence-corrected chi connectivity index (χ1v) is 8.37. The molecule has 2 amide bonds. The third kappa shape index (κ3) is 4.00. The van der Waals surface area contributed by atoms with E-state index in [4.69, 9.17) is 20.9 Å². The molecule has 1 aromatic heterocycles. The molecule has 0 aliphatic carbocycles. The lowest BCUT2D eigenvalue weighted by Crippen LogP contribution is -2.41. The lowest BCUT2D eigenvalue weighted by atomic mass is 10.1. The van der Waals surface area contributed by atoms with E-state index in [1.165, 1.54) is 0 Å². The second-order valence-electron chi connectivity index (χ2n) is 5.76. The molecule has 1 saturated heterocycles. The molecule has 0 unspecified atom stereocenters. The minimum absolute atomic E-state index is 0.0416. The summed E-state index contributed by atoms with van der Waals surface area (Å²) in [7, 11) is 0. The van der Waals surface area contributed by atoms with Gasteiger partial charge in [0.2, 0.25) is 0 Å². The van der Waals surface area contributed by atoms with Gasteiger partial charge < -0.3 is 19.5 Å². The van der Waals surface area contributed by atoms with E-state index in [0.29, 0.717) is 30.5 Å². The van der Waals surface area contributed by atoms with Crippen molar-refractivity contribution in [1.29, 1.82) is 0 Å². The molecule has 1 aliphatic rings. The van der Waals surface area contributed by atoms with E-state index in [-0.39, 0.29) is 12.1 Å². The number of rotatable bonds is 5. The van der Waals surface area contributed by atoms with Crippen LogP contribution in [0.25, 0.3) is 0 Å². The summed E-state index contributed by atoms with van der Waals surface area (Å²) in [5, 5.41) is 7.41. The minimum atomic E-state index is -0.110. The highest BCUT2D eigenvalue weighted by atomic mass is 35.5. The minimum Gasteiger partial charge on any atom is -0.492 e. The lowest BCUT2D eigenvalue weighted by molar-refractivity contribution is 0.180. The monoisotopic (exact) mass is 349 g/mol. The topological polar surface area (TPSA) is 67.6 Å². The molecular weight excluding hydrogens is 330 g/mol. The van der Waals surface area contributed by atoms with Gasteiger partial charge in [-0.1, -0.05) is 22.8 Å². The number of carbonyl (C=O) groups excluding carboxylic acids is 1. The number of benzene rings is 1. The molecule has 2 aromatic rings. The normalized spacial score (nSPS) is 17.1. The van der Waals surface area contributed by atoms with Crippen LogP contribution in [0.15, 0.2) is 34.9 Å². The van der Waals surface area contributed by atoms with Gasteiger partial charge >= 0.3 is 6.03 Å². The van der Waals surface area contributed by atoms with E-state index in [2.05, 4.69) is 10.5 Å². The smallest absolute Gasteiger partial charge is 0.318 e. The Bertz CT molecular complexity index is 704. The van der Waals surface area contributed by atoms with Crippen molar-refractivity contribution in [2.24, 2.45) is 0 Å². The molecular formula is C17H20ClN3O3. The SMILES string of the molecule is Cc1cc([C@H]2CCCN2C(=O)NCCOc2cccc(Cl)c2)on1. The number of halogens is 1. The van der Waals surface area contributed by atoms with Gasteiger partial charge in [-0.2, -0.15) is 0 Å². The summed E-state index contributed by atoms with van der Waals surface area (Å²) >= 11 is 5.90. The van der Waals surface area contributed by atoms with Crippen LogP contribution in [0.1, 0.15) is 30.3 Å². The Balaban J connectivity index is 1.47. The van der Waals surface area contributed by atoms with E-state index >= 15 is 0 Å². The highest BCUT2D eigenvalue weighted by molar-refractivity contribution is 6.30. The van der Waals surface area contributed by atoms with Gasteiger partial charge in [0.05, 0.1) is 18.3 Å². The number of hydrogen-bond donors (Lipinski definition) is 1. The molecule has 0 bridgehead atoms. The van der Waals surface area contributed by atoms with Crippen LogP contribution in [-0.2, 0) is 0 Å². The summed E-state index contributed by atoms with van der Waals surface area (Å²) < 4.78 is 10.9. The van der Waals surface area contributed by atoms with Crippen LogP contribution < -0.4 is 10.1 Å². The Labute approximate surface area is 145 Å². The number of carbonyl (C=O) groups is 1. The first-order valence-electron chi connectivity index (χ1n) is 7.99. The van der Waals surface area contributed by atoms with Crippen LogP contribution in [0.3, 0.4) is 0 Å². The fourth-order valence-electron chi connectivity index (χ4n) is 2.83. The summed E-state index contributed by atoms with van der Waals surface area (Å²) in [5.41, 5.74) is 0.826. The van der Waals surface area contributed by atoms with Crippen molar-refractivity contribution >= 4 is 17.6 Å². The van der Waals surface area contributed by atoms with E-state index < -0.39 is 0 Å². The van der Waals surface area contributed by atoms with Crippen molar-refractivity contribution in [2.45, 2.75) is 25.8 Å². The van der Waals surface area contributed by atoms with Gasteiger partial charge in [0.15, 0.2) is 5.76 Å². The fraction of sp³-hybridized carbons (Fsp3) is 0.412. The van der Waals surface area contributed by atoms with E-state index in [0.717, 1.165) is 24.3 Å².